The molecule has 0 saturated carbocycles. The molecule has 0 spiro atoms. The Morgan fingerprint density at radius 3 is 1.82 bits per heavy atom. The molecule has 56 heavy (non-hydrogen) atoms. The molecule has 3 heterocycles. The molecule has 0 saturated heterocycles. The lowest BCUT2D eigenvalue weighted by Crippen LogP contribution is -2.25. The van der Waals surface area contributed by atoms with Crippen molar-refractivity contribution < 1.29 is 8.83 Å². The normalized spacial score (nSPS) is 14.1. The third kappa shape index (κ3) is 4.71. The SMILES string of the molecule is C1=c2oc3c(-c4ccc5c6ccccc6c6ccccc6c5c4)cccc3c2=CCC1c1nc(-c2ccccc2)nc(-c2cccc3c2oc2ccccc23)n1. The van der Waals surface area contributed by atoms with Crippen molar-refractivity contribution in [1.82, 2.24) is 15.0 Å². The standard InChI is InChI=1S/C51H31N3O2/c1-2-12-30(13-3-1)49-52-50(54-51(53-49)43-22-11-21-41-39-18-8-9-23-45(39)55-48(41)43)32-25-27-40-42-20-10-19-33(47(42)56-46(40)29-32)31-24-26-38-36-16-5-4-14-34(36)35-15-6-7-17-37(35)44(38)28-31/h1-24,26-29,32H,25H2. The minimum Gasteiger partial charge on any atom is -0.456 e. The van der Waals surface area contributed by atoms with Crippen molar-refractivity contribution in [3.05, 3.63) is 174 Å². The van der Waals surface area contributed by atoms with Gasteiger partial charge in [-0.05, 0) is 68.6 Å². The summed E-state index contributed by atoms with van der Waals surface area (Å²) in [5, 5.41) is 11.9. The van der Waals surface area contributed by atoms with E-state index in [1.807, 2.05) is 60.7 Å². The summed E-state index contributed by atoms with van der Waals surface area (Å²) in [7, 11) is 0. The van der Waals surface area contributed by atoms with Gasteiger partial charge < -0.3 is 8.83 Å². The van der Waals surface area contributed by atoms with Crippen molar-refractivity contribution in [3.63, 3.8) is 0 Å². The molecule has 0 radical (unpaired) electrons. The minimum absolute atomic E-state index is 0.120. The second kappa shape index (κ2) is 12.1. The average molecular weight is 718 g/mol. The number of aromatic nitrogens is 3. The fourth-order valence-electron chi connectivity index (χ4n) is 8.79. The molecule has 11 aromatic rings. The van der Waals surface area contributed by atoms with Crippen molar-refractivity contribution in [2.24, 2.45) is 0 Å². The highest BCUT2D eigenvalue weighted by atomic mass is 16.3. The molecular weight excluding hydrogens is 687 g/mol. The fourth-order valence-corrected chi connectivity index (χ4v) is 8.79. The van der Waals surface area contributed by atoms with Gasteiger partial charge in [0.15, 0.2) is 11.6 Å². The molecular formula is C51H31N3O2. The Morgan fingerprint density at radius 1 is 0.429 bits per heavy atom. The summed E-state index contributed by atoms with van der Waals surface area (Å²) < 4.78 is 13.3. The van der Waals surface area contributed by atoms with Crippen LogP contribution in [0.25, 0.3) is 111 Å². The predicted octanol–water partition coefficient (Wildman–Crippen LogP) is 11.7. The maximum atomic E-state index is 6.85. The molecule has 0 fully saturated rings. The summed E-state index contributed by atoms with van der Waals surface area (Å²) >= 11 is 0. The van der Waals surface area contributed by atoms with E-state index in [1.165, 1.54) is 32.3 Å². The first-order chi connectivity index (χ1) is 27.7. The van der Waals surface area contributed by atoms with Gasteiger partial charge in [-0.1, -0.05) is 146 Å². The predicted molar refractivity (Wildman–Crippen MR) is 228 cm³/mol. The van der Waals surface area contributed by atoms with Gasteiger partial charge in [-0.15, -0.1) is 0 Å². The van der Waals surface area contributed by atoms with Crippen LogP contribution < -0.4 is 10.6 Å². The Labute approximate surface area is 320 Å². The van der Waals surface area contributed by atoms with Crippen molar-refractivity contribution in [3.8, 4) is 33.9 Å². The van der Waals surface area contributed by atoms with Gasteiger partial charge >= 0.3 is 0 Å². The monoisotopic (exact) mass is 717 g/mol. The molecule has 1 atom stereocenters. The topological polar surface area (TPSA) is 65.0 Å². The Kier molecular flexibility index (Phi) is 6.69. The van der Waals surface area contributed by atoms with E-state index in [1.54, 1.807) is 0 Å². The molecule has 0 N–H and O–H groups in total. The third-order valence-electron chi connectivity index (χ3n) is 11.4. The van der Waals surface area contributed by atoms with Gasteiger partial charge in [-0.3, -0.25) is 0 Å². The summed E-state index contributed by atoms with van der Waals surface area (Å²) in [6.45, 7) is 0. The molecule has 0 bridgehead atoms. The molecule has 0 amide bonds. The van der Waals surface area contributed by atoms with E-state index in [9.17, 15) is 0 Å². The van der Waals surface area contributed by atoms with Crippen molar-refractivity contribution >= 4 is 77.4 Å². The summed E-state index contributed by atoms with van der Waals surface area (Å²) in [4.78, 5) is 15.3. The molecule has 1 unspecified atom stereocenters. The molecule has 8 aromatic carbocycles. The summed E-state index contributed by atoms with van der Waals surface area (Å²) in [5.41, 5.74) is 7.29. The summed E-state index contributed by atoms with van der Waals surface area (Å²) in [6.07, 6.45) is 5.20. The van der Waals surface area contributed by atoms with Gasteiger partial charge in [0, 0.05) is 38.4 Å². The van der Waals surface area contributed by atoms with Crippen LogP contribution in [0.3, 0.4) is 0 Å². The van der Waals surface area contributed by atoms with Crippen LogP contribution in [-0.4, -0.2) is 15.0 Å². The van der Waals surface area contributed by atoms with Gasteiger partial charge in [0.1, 0.15) is 28.0 Å². The lowest BCUT2D eigenvalue weighted by molar-refractivity contribution is 0.568. The van der Waals surface area contributed by atoms with Crippen LogP contribution in [0.4, 0.5) is 0 Å². The second-order valence-corrected chi connectivity index (χ2v) is 14.6. The fraction of sp³-hybridized carbons (Fsp3) is 0.0392. The van der Waals surface area contributed by atoms with Crippen LogP contribution >= 0.6 is 0 Å². The van der Waals surface area contributed by atoms with Crippen molar-refractivity contribution in [2.45, 2.75) is 12.3 Å². The van der Waals surface area contributed by atoms with Crippen LogP contribution in [0.1, 0.15) is 18.2 Å². The molecule has 1 aliphatic rings. The minimum atomic E-state index is -0.120. The Bertz CT molecular complexity index is 3490. The first-order valence-electron chi connectivity index (χ1n) is 19.0. The van der Waals surface area contributed by atoms with Gasteiger partial charge in [-0.25, -0.2) is 15.0 Å². The molecule has 0 aliphatic heterocycles. The number of hydrogen-bond acceptors (Lipinski definition) is 5. The maximum Gasteiger partial charge on any atom is 0.167 e. The Balaban J connectivity index is 1.01. The first-order valence-corrected chi connectivity index (χ1v) is 19.0. The highest BCUT2D eigenvalue weighted by molar-refractivity contribution is 6.26. The van der Waals surface area contributed by atoms with Crippen LogP contribution in [0.15, 0.2) is 167 Å². The van der Waals surface area contributed by atoms with E-state index in [4.69, 9.17) is 23.8 Å². The number of nitrogens with zero attached hydrogens (tertiary/aromatic N) is 3. The Morgan fingerprint density at radius 2 is 1.04 bits per heavy atom. The highest BCUT2D eigenvalue weighted by Crippen LogP contribution is 2.39. The molecule has 5 nitrogen and oxygen atoms in total. The Hall–Kier alpha value is -7.37. The van der Waals surface area contributed by atoms with E-state index >= 15 is 0 Å². The van der Waals surface area contributed by atoms with Gasteiger partial charge in [0.25, 0.3) is 0 Å². The molecule has 262 valence electrons. The van der Waals surface area contributed by atoms with Gasteiger partial charge in [-0.2, -0.15) is 0 Å². The maximum absolute atomic E-state index is 6.85. The van der Waals surface area contributed by atoms with Gasteiger partial charge in [0.2, 0.25) is 0 Å². The molecule has 12 rings (SSSR count). The average Bonchev–Trinajstić information content (AvgIpc) is 3.85. The zero-order valence-electron chi connectivity index (χ0n) is 30.1. The van der Waals surface area contributed by atoms with Gasteiger partial charge in [0.05, 0.1) is 5.56 Å². The van der Waals surface area contributed by atoms with E-state index in [0.29, 0.717) is 17.5 Å². The van der Waals surface area contributed by atoms with Crippen molar-refractivity contribution in [2.75, 3.05) is 0 Å². The number of fused-ring (bicyclic) bond motifs is 12. The molecule has 3 aromatic heterocycles. The number of furan rings is 2. The lowest BCUT2D eigenvalue weighted by Gasteiger charge is -2.14. The zero-order valence-corrected chi connectivity index (χ0v) is 30.1. The highest BCUT2D eigenvalue weighted by Gasteiger charge is 2.23. The number of rotatable bonds is 4. The smallest absolute Gasteiger partial charge is 0.167 e. The molecule has 5 heteroatoms. The number of hydrogen-bond donors (Lipinski definition) is 0. The molecule has 1 aliphatic carbocycles. The van der Waals surface area contributed by atoms with E-state index < -0.39 is 0 Å². The van der Waals surface area contributed by atoms with Crippen LogP contribution in [-0.2, 0) is 0 Å². The number of para-hydroxylation sites is 3. The van der Waals surface area contributed by atoms with Crippen LogP contribution in [0.2, 0.25) is 0 Å². The lowest BCUT2D eigenvalue weighted by atomic mass is 9.91. The van der Waals surface area contributed by atoms with E-state index in [-0.39, 0.29) is 5.92 Å². The summed E-state index contributed by atoms with van der Waals surface area (Å²) in [5.74, 6) is 1.78. The first kappa shape index (κ1) is 31.0. The van der Waals surface area contributed by atoms with Crippen LogP contribution in [0.5, 0.6) is 0 Å². The van der Waals surface area contributed by atoms with Crippen LogP contribution in [0, 0.1) is 0 Å². The zero-order chi connectivity index (χ0) is 36.7. The number of benzene rings is 8. The third-order valence-corrected chi connectivity index (χ3v) is 11.4. The van der Waals surface area contributed by atoms with Crippen molar-refractivity contribution in [1.29, 1.82) is 0 Å². The summed E-state index contributed by atoms with van der Waals surface area (Å²) in [6, 6.07) is 55.1. The van der Waals surface area contributed by atoms with E-state index in [0.717, 1.165) is 72.2 Å². The quantitative estimate of drug-likeness (QED) is 0.170. The second-order valence-electron chi connectivity index (χ2n) is 14.6. The largest absolute Gasteiger partial charge is 0.456 e. The van der Waals surface area contributed by atoms with E-state index in [2.05, 4.69) is 109 Å².